The number of nitrogens with one attached hydrogen (secondary N) is 2. The summed E-state index contributed by atoms with van der Waals surface area (Å²) in [6, 6.07) is 8.75. The van der Waals surface area contributed by atoms with Crippen molar-refractivity contribution in [3.63, 3.8) is 0 Å². The predicted octanol–water partition coefficient (Wildman–Crippen LogP) is 2.19. The van der Waals surface area contributed by atoms with Crippen molar-refractivity contribution < 1.29 is 9.59 Å². The average molecular weight is 285 g/mol. The van der Waals surface area contributed by atoms with Gasteiger partial charge in [-0.2, -0.15) is 5.26 Å². The number of rotatable bonds is 5. The average Bonchev–Trinajstić information content (AvgIpc) is 3.29. The number of carbonyl (C=O) groups is 2. The fourth-order valence-electron chi connectivity index (χ4n) is 2.06. The second-order valence-corrected chi connectivity index (χ2v) is 5.51. The maximum Gasteiger partial charge on any atom is 0.240 e. The quantitative estimate of drug-likeness (QED) is 0.814. The summed E-state index contributed by atoms with van der Waals surface area (Å²) in [6.07, 6.45) is 1.96. The molecule has 5 heteroatoms. The molecule has 110 valence electrons. The molecule has 1 aromatic carbocycles. The number of hydrogen-bond donors (Lipinski definition) is 2. The Labute approximate surface area is 124 Å². The number of benzene rings is 1. The molecule has 2 amide bonds. The van der Waals surface area contributed by atoms with Gasteiger partial charge in [0.2, 0.25) is 11.8 Å². The highest BCUT2D eigenvalue weighted by Crippen LogP contribution is 2.47. The molecular formula is C16H19N3O2. The van der Waals surface area contributed by atoms with Gasteiger partial charge >= 0.3 is 0 Å². The number of anilines is 1. The minimum Gasteiger partial charge on any atom is -0.353 e. The van der Waals surface area contributed by atoms with Crippen molar-refractivity contribution in [3.8, 4) is 6.07 Å². The van der Waals surface area contributed by atoms with Crippen molar-refractivity contribution in [1.29, 1.82) is 5.26 Å². The molecule has 2 N–H and O–H groups in total. The molecule has 21 heavy (non-hydrogen) atoms. The van der Waals surface area contributed by atoms with E-state index in [9.17, 15) is 9.59 Å². The first-order valence-electron chi connectivity index (χ1n) is 7.14. The molecule has 5 nitrogen and oxygen atoms in total. The van der Waals surface area contributed by atoms with Gasteiger partial charge in [0, 0.05) is 11.7 Å². The lowest BCUT2D eigenvalue weighted by Gasteiger charge is -2.18. The van der Waals surface area contributed by atoms with Gasteiger partial charge in [-0.15, -0.1) is 0 Å². The van der Waals surface area contributed by atoms with E-state index in [1.54, 1.807) is 24.3 Å². The summed E-state index contributed by atoms with van der Waals surface area (Å²) in [7, 11) is 0. The Morgan fingerprint density at radius 1 is 1.38 bits per heavy atom. The number of amides is 2. The Kier molecular flexibility index (Phi) is 4.27. The smallest absolute Gasteiger partial charge is 0.240 e. The van der Waals surface area contributed by atoms with E-state index in [0.717, 1.165) is 6.42 Å². The van der Waals surface area contributed by atoms with Crippen molar-refractivity contribution in [3.05, 3.63) is 29.8 Å². The lowest BCUT2D eigenvalue weighted by Crippen LogP contribution is -2.43. The second-order valence-electron chi connectivity index (χ2n) is 5.51. The van der Waals surface area contributed by atoms with Gasteiger partial charge in [0.1, 0.15) is 5.41 Å². The molecule has 1 aliphatic rings. The predicted molar refractivity (Wildman–Crippen MR) is 79.3 cm³/mol. The molecule has 0 aromatic heterocycles. The van der Waals surface area contributed by atoms with Crippen molar-refractivity contribution in [2.45, 2.75) is 39.2 Å². The molecule has 0 spiro atoms. The van der Waals surface area contributed by atoms with Gasteiger partial charge in [-0.3, -0.25) is 9.59 Å². The number of nitriles is 1. The van der Waals surface area contributed by atoms with Crippen LogP contribution in [0.25, 0.3) is 0 Å². The molecule has 0 radical (unpaired) electrons. The molecule has 1 unspecified atom stereocenters. The van der Waals surface area contributed by atoms with E-state index < -0.39 is 5.41 Å². The minimum atomic E-state index is -0.938. The third kappa shape index (κ3) is 3.22. The van der Waals surface area contributed by atoms with Crippen LogP contribution in [0.4, 0.5) is 5.69 Å². The molecular weight excluding hydrogens is 266 g/mol. The third-order valence-corrected chi connectivity index (χ3v) is 3.86. The molecule has 1 atom stereocenters. The van der Waals surface area contributed by atoms with Crippen LogP contribution in [0.15, 0.2) is 24.3 Å². The lowest BCUT2D eigenvalue weighted by molar-refractivity contribution is -0.134. The summed E-state index contributed by atoms with van der Waals surface area (Å²) in [4.78, 5) is 24.6. The van der Waals surface area contributed by atoms with Gasteiger partial charge in [0.25, 0.3) is 0 Å². The summed E-state index contributed by atoms with van der Waals surface area (Å²) < 4.78 is 0. The van der Waals surface area contributed by atoms with Gasteiger partial charge in [-0.1, -0.05) is 13.0 Å². The van der Waals surface area contributed by atoms with Crippen LogP contribution in [0.5, 0.6) is 0 Å². The number of carbonyl (C=O) groups excluding carboxylic acids is 2. The Morgan fingerprint density at radius 2 is 2.10 bits per heavy atom. The Morgan fingerprint density at radius 3 is 2.67 bits per heavy atom. The first-order valence-corrected chi connectivity index (χ1v) is 7.14. The number of nitrogens with zero attached hydrogens (tertiary/aromatic N) is 1. The largest absolute Gasteiger partial charge is 0.353 e. The van der Waals surface area contributed by atoms with Crippen molar-refractivity contribution in [2.24, 2.45) is 5.41 Å². The lowest BCUT2D eigenvalue weighted by atomic mass is 10.0. The maximum absolute atomic E-state index is 12.4. The van der Waals surface area contributed by atoms with Gasteiger partial charge in [-0.25, -0.2) is 0 Å². The second kappa shape index (κ2) is 5.96. The zero-order valence-corrected chi connectivity index (χ0v) is 12.3. The zero-order valence-electron chi connectivity index (χ0n) is 12.3. The highest BCUT2D eigenvalue weighted by Gasteiger charge is 2.56. The Bertz CT molecular complexity index is 600. The highest BCUT2D eigenvalue weighted by molar-refractivity contribution is 6.13. The molecule has 0 saturated heterocycles. The van der Waals surface area contributed by atoms with Crippen LogP contribution < -0.4 is 10.6 Å². The van der Waals surface area contributed by atoms with Crippen molar-refractivity contribution >= 4 is 17.5 Å². The molecule has 1 aliphatic carbocycles. The first kappa shape index (κ1) is 15.0. The monoisotopic (exact) mass is 285 g/mol. The Hall–Kier alpha value is -2.35. The van der Waals surface area contributed by atoms with E-state index in [0.29, 0.717) is 24.1 Å². The van der Waals surface area contributed by atoms with E-state index >= 15 is 0 Å². The fourth-order valence-corrected chi connectivity index (χ4v) is 2.06. The standard InChI is InChI=1S/C16H19N3O2/c1-3-11(2)18-14(20)16(7-8-16)15(21)19-13-6-4-5-12(9-13)10-17/h4-6,9,11H,3,7-8H2,1-2H3,(H,18,20)(H,19,21). The van der Waals surface area contributed by atoms with Gasteiger partial charge in [-0.05, 0) is 44.4 Å². The fraction of sp³-hybridized carbons (Fsp3) is 0.438. The molecule has 1 aromatic rings. The minimum absolute atomic E-state index is 0.0599. The summed E-state index contributed by atoms with van der Waals surface area (Å²) in [5.74, 6) is -0.496. The maximum atomic E-state index is 12.4. The topological polar surface area (TPSA) is 82.0 Å². The SMILES string of the molecule is CCC(C)NC(=O)C1(C(=O)Nc2cccc(C#N)c2)CC1. The van der Waals surface area contributed by atoms with E-state index in [1.807, 2.05) is 19.9 Å². The molecule has 0 heterocycles. The summed E-state index contributed by atoms with van der Waals surface area (Å²) in [6.45, 7) is 3.90. The highest BCUT2D eigenvalue weighted by atomic mass is 16.2. The summed E-state index contributed by atoms with van der Waals surface area (Å²) in [5.41, 5.74) is 0.0786. The zero-order chi connectivity index (χ0) is 15.5. The van der Waals surface area contributed by atoms with E-state index in [-0.39, 0.29) is 17.9 Å². The normalized spacial score (nSPS) is 16.4. The van der Waals surface area contributed by atoms with Crippen molar-refractivity contribution in [2.75, 3.05) is 5.32 Å². The van der Waals surface area contributed by atoms with Crippen LogP contribution in [-0.4, -0.2) is 17.9 Å². The van der Waals surface area contributed by atoms with Gasteiger partial charge in [0.15, 0.2) is 0 Å². The molecule has 2 rings (SSSR count). The van der Waals surface area contributed by atoms with E-state index in [2.05, 4.69) is 10.6 Å². The van der Waals surface area contributed by atoms with Crippen LogP contribution in [0, 0.1) is 16.7 Å². The van der Waals surface area contributed by atoms with E-state index in [4.69, 9.17) is 5.26 Å². The van der Waals surface area contributed by atoms with Crippen LogP contribution >= 0.6 is 0 Å². The molecule has 0 bridgehead atoms. The van der Waals surface area contributed by atoms with E-state index in [1.165, 1.54) is 0 Å². The Balaban J connectivity index is 2.06. The summed E-state index contributed by atoms with van der Waals surface area (Å²) in [5, 5.41) is 14.5. The molecule has 1 fully saturated rings. The van der Waals surface area contributed by atoms with Crippen LogP contribution in [0.3, 0.4) is 0 Å². The summed E-state index contributed by atoms with van der Waals surface area (Å²) >= 11 is 0. The third-order valence-electron chi connectivity index (χ3n) is 3.86. The van der Waals surface area contributed by atoms with Crippen LogP contribution in [-0.2, 0) is 9.59 Å². The number of hydrogen-bond acceptors (Lipinski definition) is 3. The van der Waals surface area contributed by atoms with Crippen LogP contribution in [0.1, 0.15) is 38.7 Å². The molecule has 1 saturated carbocycles. The van der Waals surface area contributed by atoms with Crippen LogP contribution in [0.2, 0.25) is 0 Å². The first-order chi connectivity index (χ1) is 10.0. The van der Waals surface area contributed by atoms with Gasteiger partial charge in [0.05, 0.1) is 11.6 Å². The molecule has 0 aliphatic heterocycles. The van der Waals surface area contributed by atoms with Crippen molar-refractivity contribution in [1.82, 2.24) is 5.32 Å². The van der Waals surface area contributed by atoms with Gasteiger partial charge < -0.3 is 10.6 Å².